The monoisotopic (exact) mass is 328 g/mol. The zero-order valence-corrected chi connectivity index (χ0v) is 12.4. The largest absolute Gasteiger partial charge is 0.379 e. The van der Waals surface area contributed by atoms with Crippen molar-refractivity contribution < 1.29 is 9.66 Å². The van der Waals surface area contributed by atoms with E-state index < -0.39 is 0 Å². The maximum absolute atomic E-state index is 11.0. The minimum absolute atomic E-state index is 0.107. The number of halogens is 1. The summed E-state index contributed by atoms with van der Waals surface area (Å²) < 4.78 is 6.45. The summed E-state index contributed by atoms with van der Waals surface area (Å²) in [6, 6.07) is 4.93. The predicted octanol–water partition coefficient (Wildman–Crippen LogP) is 3.58. The first kappa shape index (κ1) is 14.3. The highest BCUT2D eigenvalue weighted by molar-refractivity contribution is 9.10. The third-order valence-corrected chi connectivity index (χ3v) is 3.95. The van der Waals surface area contributed by atoms with Crippen molar-refractivity contribution in [3.63, 3.8) is 0 Å². The molecule has 0 spiro atoms. The maximum atomic E-state index is 11.0. The van der Waals surface area contributed by atoms with E-state index in [1.807, 2.05) is 0 Å². The number of benzene rings is 1. The molecule has 0 aliphatic carbocycles. The minimum Gasteiger partial charge on any atom is -0.379 e. The molecule has 5 nitrogen and oxygen atoms in total. The van der Waals surface area contributed by atoms with Crippen LogP contribution < -0.4 is 5.32 Å². The molecule has 1 saturated heterocycles. The molecule has 104 valence electrons. The average molecular weight is 329 g/mol. The highest BCUT2D eigenvalue weighted by Crippen LogP contribution is 2.30. The average Bonchev–Trinajstić information content (AvgIpc) is 2.83. The van der Waals surface area contributed by atoms with E-state index >= 15 is 0 Å². The van der Waals surface area contributed by atoms with Crippen molar-refractivity contribution in [1.29, 1.82) is 0 Å². The van der Waals surface area contributed by atoms with Crippen LogP contribution in [-0.2, 0) is 4.74 Å². The Kier molecular flexibility index (Phi) is 4.76. The van der Waals surface area contributed by atoms with E-state index in [1.54, 1.807) is 12.1 Å². The number of ether oxygens (including phenoxy) is 1. The van der Waals surface area contributed by atoms with Gasteiger partial charge in [-0.2, -0.15) is 0 Å². The zero-order chi connectivity index (χ0) is 13.8. The Hall–Kier alpha value is -1.14. The predicted molar refractivity (Wildman–Crippen MR) is 77.4 cm³/mol. The molecule has 1 N–H and O–H groups in total. The van der Waals surface area contributed by atoms with E-state index in [9.17, 15) is 10.1 Å². The molecule has 0 aromatic heterocycles. The van der Waals surface area contributed by atoms with Crippen molar-refractivity contribution in [2.45, 2.75) is 25.9 Å². The highest BCUT2D eigenvalue weighted by Gasteiger charge is 2.27. The van der Waals surface area contributed by atoms with Gasteiger partial charge >= 0.3 is 0 Å². The number of anilines is 1. The van der Waals surface area contributed by atoms with E-state index in [4.69, 9.17) is 4.74 Å². The molecule has 1 aliphatic heterocycles. The van der Waals surface area contributed by atoms with Gasteiger partial charge in [0.05, 0.1) is 11.0 Å². The molecule has 0 amide bonds. The summed E-state index contributed by atoms with van der Waals surface area (Å²) in [4.78, 5) is 10.6. The van der Waals surface area contributed by atoms with Crippen LogP contribution >= 0.6 is 15.9 Å². The van der Waals surface area contributed by atoms with Gasteiger partial charge in [0.2, 0.25) is 0 Å². The molecule has 2 unspecified atom stereocenters. The van der Waals surface area contributed by atoms with Crippen molar-refractivity contribution in [3.05, 3.63) is 32.8 Å². The van der Waals surface area contributed by atoms with Gasteiger partial charge in [0.15, 0.2) is 0 Å². The van der Waals surface area contributed by atoms with E-state index in [0.29, 0.717) is 18.2 Å². The molecule has 6 heteroatoms. The van der Waals surface area contributed by atoms with Gasteiger partial charge in [-0.15, -0.1) is 0 Å². The molecule has 1 fully saturated rings. The Bertz CT molecular complexity index is 467. The van der Waals surface area contributed by atoms with Gasteiger partial charge in [-0.1, -0.05) is 22.9 Å². The molecule has 2 rings (SSSR count). The number of nitro groups is 1. The summed E-state index contributed by atoms with van der Waals surface area (Å²) in [5.74, 6) is 0.420. The number of nitro benzene ring substituents is 1. The molecule has 19 heavy (non-hydrogen) atoms. The van der Waals surface area contributed by atoms with Crippen molar-refractivity contribution in [2.75, 3.05) is 18.5 Å². The van der Waals surface area contributed by atoms with Crippen LogP contribution in [0.15, 0.2) is 22.7 Å². The highest BCUT2D eigenvalue weighted by atomic mass is 79.9. The van der Waals surface area contributed by atoms with Gasteiger partial charge in [-0.05, 0) is 25.0 Å². The second-order valence-electron chi connectivity index (χ2n) is 4.67. The van der Waals surface area contributed by atoms with Gasteiger partial charge in [-0.25, -0.2) is 0 Å². The maximum Gasteiger partial charge on any atom is 0.292 e. The van der Waals surface area contributed by atoms with Crippen molar-refractivity contribution in [2.24, 2.45) is 5.92 Å². The van der Waals surface area contributed by atoms with E-state index in [2.05, 4.69) is 28.2 Å². The lowest BCUT2D eigenvalue weighted by Crippen LogP contribution is -2.23. The van der Waals surface area contributed by atoms with Gasteiger partial charge in [-0.3, -0.25) is 10.1 Å². The van der Waals surface area contributed by atoms with Crippen LogP contribution in [0.25, 0.3) is 0 Å². The summed E-state index contributed by atoms with van der Waals surface area (Å²) >= 11 is 3.34. The Morgan fingerprint density at radius 2 is 2.37 bits per heavy atom. The van der Waals surface area contributed by atoms with Gasteiger partial charge in [0.1, 0.15) is 5.69 Å². The van der Waals surface area contributed by atoms with Crippen LogP contribution in [0.3, 0.4) is 0 Å². The zero-order valence-electron chi connectivity index (χ0n) is 10.8. The third kappa shape index (κ3) is 3.45. The van der Waals surface area contributed by atoms with Crippen molar-refractivity contribution in [3.8, 4) is 0 Å². The fraction of sp³-hybridized carbons (Fsp3) is 0.538. The summed E-state index contributed by atoms with van der Waals surface area (Å²) in [7, 11) is 0. The topological polar surface area (TPSA) is 64.4 Å². The Morgan fingerprint density at radius 1 is 1.58 bits per heavy atom. The molecule has 1 aromatic carbocycles. The molecule has 1 aliphatic rings. The lowest BCUT2D eigenvalue weighted by molar-refractivity contribution is -0.384. The quantitative estimate of drug-likeness (QED) is 0.662. The fourth-order valence-electron chi connectivity index (χ4n) is 2.43. The van der Waals surface area contributed by atoms with Gasteiger partial charge < -0.3 is 10.1 Å². The molecule has 1 heterocycles. The molecule has 1 aromatic rings. The van der Waals surface area contributed by atoms with Crippen LogP contribution in [0, 0.1) is 16.0 Å². The smallest absolute Gasteiger partial charge is 0.292 e. The second-order valence-corrected chi connectivity index (χ2v) is 5.58. The Morgan fingerprint density at radius 3 is 3.05 bits per heavy atom. The second kappa shape index (κ2) is 6.34. The first-order chi connectivity index (χ1) is 9.11. The molecule has 0 bridgehead atoms. The number of nitrogens with one attached hydrogen (secondary N) is 1. The number of nitrogens with zero attached hydrogens (tertiary/aromatic N) is 1. The molecule has 0 radical (unpaired) electrons. The van der Waals surface area contributed by atoms with Crippen LogP contribution in [0.4, 0.5) is 11.4 Å². The Labute approximate surface area is 120 Å². The standard InChI is InChI=1S/C13H17BrN2O3/c1-2-13-9(5-6-19-13)8-15-11-7-10(14)3-4-12(11)16(17)18/h3-4,7,9,13,15H,2,5-6,8H2,1H3. The van der Waals surface area contributed by atoms with Crippen LogP contribution in [0.1, 0.15) is 19.8 Å². The summed E-state index contributed by atoms with van der Waals surface area (Å²) in [6.45, 7) is 3.59. The number of hydrogen-bond acceptors (Lipinski definition) is 4. The normalized spacial score (nSPS) is 22.4. The first-order valence-corrected chi connectivity index (χ1v) is 7.20. The van der Waals surface area contributed by atoms with E-state index in [1.165, 1.54) is 6.07 Å². The Balaban J connectivity index is 2.06. The van der Waals surface area contributed by atoms with Crippen LogP contribution in [0.2, 0.25) is 0 Å². The molecule has 0 saturated carbocycles. The van der Waals surface area contributed by atoms with Crippen LogP contribution in [0.5, 0.6) is 0 Å². The number of hydrogen-bond donors (Lipinski definition) is 1. The summed E-state index contributed by atoms with van der Waals surface area (Å²) in [6.07, 6.45) is 2.25. The summed E-state index contributed by atoms with van der Waals surface area (Å²) in [5.41, 5.74) is 0.663. The fourth-order valence-corrected chi connectivity index (χ4v) is 2.79. The van der Waals surface area contributed by atoms with E-state index in [0.717, 1.165) is 23.9 Å². The van der Waals surface area contributed by atoms with Crippen molar-refractivity contribution in [1.82, 2.24) is 0 Å². The summed E-state index contributed by atoms with van der Waals surface area (Å²) in [5, 5.41) is 14.2. The molecular formula is C13H17BrN2O3. The first-order valence-electron chi connectivity index (χ1n) is 6.41. The van der Waals surface area contributed by atoms with Gasteiger partial charge in [0.25, 0.3) is 5.69 Å². The van der Waals surface area contributed by atoms with Crippen LogP contribution in [-0.4, -0.2) is 24.2 Å². The SMILES string of the molecule is CCC1OCCC1CNc1cc(Br)ccc1[N+](=O)[O-]. The lowest BCUT2D eigenvalue weighted by Gasteiger charge is -2.18. The number of rotatable bonds is 5. The molecule has 2 atom stereocenters. The van der Waals surface area contributed by atoms with Gasteiger partial charge in [0, 0.05) is 29.6 Å². The third-order valence-electron chi connectivity index (χ3n) is 3.46. The van der Waals surface area contributed by atoms with E-state index in [-0.39, 0.29) is 16.7 Å². The minimum atomic E-state index is -0.364. The molecular weight excluding hydrogens is 312 g/mol. The van der Waals surface area contributed by atoms with Crippen molar-refractivity contribution >= 4 is 27.3 Å². The lowest BCUT2D eigenvalue weighted by atomic mass is 9.99.